The van der Waals surface area contributed by atoms with Crippen molar-refractivity contribution in [2.24, 2.45) is 5.41 Å². The van der Waals surface area contributed by atoms with Crippen molar-refractivity contribution in [3.8, 4) is 0 Å². The van der Waals surface area contributed by atoms with Crippen molar-refractivity contribution in [1.29, 1.82) is 0 Å². The van der Waals surface area contributed by atoms with E-state index in [1.165, 1.54) is 17.0 Å². The van der Waals surface area contributed by atoms with E-state index in [9.17, 15) is 14.0 Å². The van der Waals surface area contributed by atoms with E-state index in [-0.39, 0.29) is 42.7 Å². The molecule has 0 spiro atoms. The Morgan fingerprint density at radius 2 is 1.70 bits per heavy atom. The van der Waals surface area contributed by atoms with Gasteiger partial charge in [-0.15, -0.1) is 6.58 Å². The van der Waals surface area contributed by atoms with Crippen molar-refractivity contribution in [1.82, 2.24) is 9.80 Å². The molecule has 0 radical (unpaired) electrons. The first-order valence-electron chi connectivity index (χ1n) is 10.0. The lowest BCUT2D eigenvalue weighted by Crippen LogP contribution is -2.43. The molecule has 30 heavy (non-hydrogen) atoms. The van der Waals surface area contributed by atoms with Crippen LogP contribution in [0.4, 0.5) is 4.39 Å². The fraction of sp³-hybridized carbons (Fsp3) is 0.417. The first-order valence-corrected chi connectivity index (χ1v) is 10.0. The minimum atomic E-state index is -0.330. The highest BCUT2D eigenvalue weighted by Crippen LogP contribution is 2.20. The molecule has 1 aromatic carbocycles. The van der Waals surface area contributed by atoms with Gasteiger partial charge in [-0.25, -0.2) is 4.39 Å². The maximum atomic E-state index is 13.3. The highest BCUT2D eigenvalue weighted by atomic mass is 19.1. The summed E-state index contributed by atoms with van der Waals surface area (Å²) in [6, 6.07) is 9.70. The minimum absolute atomic E-state index is 0.0538. The van der Waals surface area contributed by atoms with Gasteiger partial charge in [0.25, 0.3) is 0 Å². The molecule has 2 aromatic rings. The van der Waals surface area contributed by atoms with E-state index in [4.69, 9.17) is 4.42 Å². The smallest absolute Gasteiger partial charge is 0.242 e. The number of nitrogens with zero attached hydrogens (tertiary/aromatic N) is 2. The van der Waals surface area contributed by atoms with Crippen molar-refractivity contribution in [2.75, 3.05) is 13.1 Å². The molecule has 0 aliphatic heterocycles. The van der Waals surface area contributed by atoms with Crippen LogP contribution in [0.5, 0.6) is 0 Å². The maximum absolute atomic E-state index is 13.3. The summed E-state index contributed by atoms with van der Waals surface area (Å²) in [5, 5.41) is 0. The van der Waals surface area contributed by atoms with Crippen LogP contribution in [0.25, 0.3) is 0 Å². The van der Waals surface area contributed by atoms with E-state index in [1.54, 1.807) is 23.1 Å². The predicted octanol–water partition coefficient (Wildman–Crippen LogP) is 4.71. The molecular weight excluding hydrogens is 383 g/mol. The van der Waals surface area contributed by atoms with Crippen molar-refractivity contribution < 1.29 is 18.4 Å². The zero-order valence-electron chi connectivity index (χ0n) is 18.3. The number of carbonyl (C=O) groups excluding carboxylic acids is 2. The number of hydrogen-bond acceptors (Lipinski definition) is 3. The van der Waals surface area contributed by atoms with Crippen molar-refractivity contribution in [2.45, 2.75) is 47.2 Å². The lowest BCUT2D eigenvalue weighted by molar-refractivity contribution is -0.142. The SMILES string of the molecule is C=CCN(CC(=O)N(Cc1ccc(F)cc1)Cc1ccc(C)o1)C(=O)CC(C)(C)C. The molecule has 0 fully saturated rings. The third-order valence-corrected chi connectivity index (χ3v) is 4.49. The van der Waals surface area contributed by atoms with Gasteiger partial charge in [-0.1, -0.05) is 39.0 Å². The fourth-order valence-corrected chi connectivity index (χ4v) is 3.04. The van der Waals surface area contributed by atoms with Crippen LogP contribution < -0.4 is 0 Å². The van der Waals surface area contributed by atoms with Gasteiger partial charge in [0.1, 0.15) is 23.9 Å². The molecule has 0 bridgehead atoms. The van der Waals surface area contributed by atoms with E-state index in [0.29, 0.717) is 18.7 Å². The fourth-order valence-electron chi connectivity index (χ4n) is 3.04. The standard InChI is InChI=1S/C24H31FN2O3/c1-6-13-26(22(28)14-24(3,4)5)17-23(29)27(16-21-12-7-18(2)30-21)15-19-8-10-20(25)11-9-19/h6-12H,1,13-17H2,2-5H3. The van der Waals surface area contributed by atoms with Crippen molar-refractivity contribution >= 4 is 11.8 Å². The number of aryl methyl sites for hydroxylation is 1. The molecule has 6 heteroatoms. The summed E-state index contributed by atoms with van der Waals surface area (Å²) >= 11 is 0. The number of hydrogen-bond donors (Lipinski definition) is 0. The molecule has 0 saturated carbocycles. The van der Waals surface area contributed by atoms with Crippen LogP contribution in [0.15, 0.2) is 53.5 Å². The van der Waals surface area contributed by atoms with Crippen LogP contribution in [0.2, 0.25) is 0 Å². The van der Waals surface area contributed by atoms with Crippen LogP contribution >= 0.6 is 0 Å². The molecule has 0 atom stereocenters. The van der Waals surface area contributed by atoms with Gasteiger partial charge in [0.05, 0.1) is 6.54 Å². The topological polar surface area (TPSA) is 53.8 Å². The molecule has 0 saturated heterocycles. The summed E-state index contributed by atoms with van der Waals surface area (Å²) < 4.78 is 18.9. The van der Waals surface area contributed by atoms with E-state index < -0.39 is 0 Å². The van der Waals surface area contributed by atoms with Crippen molar-refractivity contribution in [3.63, 3.8) is 0 Å². The summed E-state index contributed by atoms with van der Waals surface area (Å²) in [6.45, 7) is 12.3. The maximum Gasteiger partial charge on any atom is 0.242 e. The average molecular weight is 415 g/mol. The van der Waals surface area contributed by atoms with Crippen LogP contribution in [0.1, 0.15) is 44.3 Å². The quantitative estimate of drug-likeness (QED) is 0.559. The first kappa shape index (κ1) is 23.4. The number of benzene rings is 1. The summed E-state index contributed by atoms with van der Waals surface area (Å²) in [4.78, 5) is 29.0. The van der Waals surface area contributed by atoms with Crippen LogP contribution in [-0.2, 0) is 22.7 Å². The second kappa shape index (κ2) is 10.2. The molecule has 0 N–H and O–H groups in total. The van der Waals surface area contributed by atoms with Gasteiger partial charge < -0.3 is 14.2 Å². The number of halogens is 1. The Labute approximate surface area is 178 Å². The second-order valence-corrected chi connectivity index (χ2v) is 8.69. The highest BCUT2D eigenvalue weighted by Gasteiger charge is 2.25. The average Bonchev–Trinajstić information content (AvgIpc) is 3.06. The van der Waals surface area contributed by atoms with Gasteiger partial charge >= 0.3 is 0 Å². The third-order valence-electron chi connectivity index (χ3n) is 4.49. The molecule has 2 rings (SSSR count). The Balaban J connectivity index is 2.19. The number of rotatable bonds is 9. The molecule has 0 unspecified atom stereocenters. The summed E-state index contributed by atoms with van der Waals surface area (Å²) in [5.41, 5.74) is 0.614. The predicted molar refractivity (Wildman–Crippen MR) is 115 cm³/mol. The minimum Gasteiger partial charge on any atom is -0.464 e. The van der Waals surface area contributed by atoms with E-state index >= 15 is 0 Å². The van der Waals surface area contributed by atoms with Crippen LogP contribution in [-0.4, -0.2) is 34.7 Å². The highest BCUT2D eigenvalue weighted by molar-refractivity contribution is 5.85. The molecule has 0 aliphatic rings. The summed E-state index contributed by atoms with van der Waals surface area (Å²) in [6.07, 6.45) is 1.96. The van der Waals surface area contributed by atoms with Gasteiger partial charge in [0.2, 0.25) is 11.8 Å². The van der Waals surface area contributed by atoms with Crippen LogP contribution in [0, 0.1) is 18.2 Å². The van der Waals surface area contributed by atoms with E-state index in [1.807, 2.05) is 39.8 Å². The summed E-state index contributed by atoms with van der Waals surface area (Å²) in [7, 11) is 0. The Morgan fingerprint density at radius 1 is 1.03 bits per heavy atom. The molecule has 1 heterocycles. The van der Waals surface area contributed by atoms with E-state index in [2.05, 4.69) is 6.58 Å². The molecule has 5 nitrogen and oxygen atoms in total. The van der Waals surface area contributed by atoms with E-state index in [0.717, 1.165) is 11.3 Å². The molecular formula is C24H31FN2O3. The second-order valence-electron chi connectivity index (χ2n) is 8.69. The Morgan fingerprint density at radius 3 is 2.23 bits per heavy atom. The van der Waals surface area contributed by atoms with Gasteiger partial charge in [0.15, 0.2) is 0 Å². The van der Waals surface area contributed by atoms with Gasteiger partial charge in [-0.05, 0) is 42.2 Å². The molecule has 1 aromatic heterocycles. The molecule has 2 amide bonds. The largest absolute Gasteiger partial charge is 0.464 e. The van der Waals surface area contributed by atoms with Crippen molar-refractivity contribution in [3.05, 3.63) is 72.0 Å². The Hall–Kier alpha value is -2.89. The number of carbonyl (C=O) groups is 2. The monoisotopic (exact) mass is 414 g/mol. The number of furan rings is 1. The van der Waals surface area contributed by atoms with Crippen LogP contribution in [0.3, 0.4) is 0 Å². The van der Waals surface area contributed by atoms with Gasteiger partial charge in [0, 0.05) is 19.5 Å². The lowest BCUT2D eigenvalue weighted by Gasteiger charge is -2.28. The normalized spacial score (nSPS) is 11.2. The molecule has 0 aliphatic carbocycles. The molecule has 162 valence electrons. The summed E-state index contributed by atoms with van der Waals surface area (Å²) in [5.74, 6) is 0.777. The Kier molecular flexibility index (Phi) is 7.98. The zero-order valence-corrected chi connectivity index (χ0v) is 18.3. The lowest BCUT2D eigenvalue weighted by atomic mass is 9.91. The van der Waals surface area contributed by atoms with Gasteiger partial charge in [-0.3, -0.25) is 9.59 Å². The Bertz CT molecular complexity index is 865. The van der Waals surface area contributed by atoms with Gasteiger partial charge in [-0.2, -0.15) is 0 Å². The first-order chi connectivity index (χ1) is 14.1. The number of amides is 2. The zero-order chi connectivity index (χ0) is 22.3. The third kappa shape index (κ3) is 7.50.